The minimum atomic E-state index is -0.291. The van der Waals surface area contributed by atoms with Crippen LogP contribution in [0, 0.1) is 23.7 Å². The Morgan fingerprint density at radius 1 is 1.26 bits per heavy atom. The number of nitrogens with one attached hydrogen (secondary N) is 1. The largest absolute Gasteiger partial charge is 0.491 e. The molecule has 1 N–H and O–H groups in total. The number of anilines is 2. The fourth-order valence-corrected chi connectivity index (χ4v) is 4.63. The molecule has 1 atom stereocenters. The summed E-state index contributed by atoms with van der Waals surface area (Å²) in [6, 6.07) is 8.81. The lowest BCUT2D eigenvalue weighted by Crippen LogP contribution is -2.31. The van der Waals surface area contributed by atoms with E-state index in [1.54, 1.807) is 0 Å². The van der Waals surface area contributed by atoms with E-state index in [0.29, 0.717) is 18.6 Å². The van der Waals surface area contributed by atoms with Crippen LogP contribution in [-0.4, -0.2) is 51.4 Å². The zero-order valence-electron chi connectivity index (χ0n) is 19.7. The van der Waals surface area contributed by atoms with Crippen molar-refractivity contribution in [1.29, 1.82) is 5.26 Å². The van der Waals surface area contributed by atoms with Crippen molar-refractivity contribution in [2.75, 3.05) is 32.1 Å². The molecule has 8 nitrogen and oxygen atoms in total. The summed E-state index contributed by atoms with van der Waals surface area (Å²) in [5, 5.41) is 18.1. The smallest absolute Gasteiger partial charge is 0.227 e. The Balaban J connectivity index is 1.29. The van der Waals surface area contributed by atoms with Crippen molar-refractivity contribution in [2.45, 2.75) is 38.6 Å². The molecule has 2 aliphatic rings. The highest BCUT2D eigenvalue weighted by Gasteiger charge is 2.44. The van der Waals surface area contributed by atoms with Crippen LogP contribution in [0.1, 0.15) is 37.3 Å². The zero-order valence-corrected chi connectivity index (χ0v) is 20.8. The molecule has 3 aromatic rings. The summed E-state index contributed by atoms with van der Waals surface area (Å²) >= 11 is 0. The normalized spacial score (nSPS) is 17.8. The van der Waals surface area contributed by atoms with Crippen molar-refractivity contribution in [3.63, 3.8) is 0 Å². The third-order valence-corrected chi connectivity index (χ3v) is 7.22. The van der Waals surface area contributed by atoms with Crippen LogP contribution in [0.3, 0.4) is 0 Å². The lowest BCUT2D eigenvalue weighted by Gasteiger charge is -2.28. The highest BCUT2D eigenvalue weighted by atomic mass is 31.0. The minimum Gasteiger partial charge on any atom is -0.491 e. The highest BCUT2D eigenvalue weighted by molar-refractivity contribution is 7.27. The summed E-state index contributed by atoms with van der Waals surface area (Å²) in [5.41, 5.74) is 3.44. The zero-order chi connectivity index (χ0) is 23.7. The van der Waals surface area contributed by atoms with Gasteiger partial charge in [0.15, 0.2) is 0 Å². The van der Waals surface area contributed by atoms with Crippen LogP contribution in [0.5, 0.6) is 5.75 Å². The molecule has 0 radical (unpaired) electrons. The average Bonchev–Trinajstić information content (AvgIpc) is 3.48. The molecule has 0 spiro atoms. The lowest BCUT2D eigenvalue weighted by atomic mass is 10.1. The number of ether oxygens (including phenoxy) is 1. The number of nitriles is 1. The lowest BCUT2D eigenvalue weighted by molar-refractivity contribution is 0.212. The monoisotopic (exact) mass is 475 g/mol. The molecule has 1 saturated heterocycles. The molecule has 0 amide bonds. The van der Waals surface area contributed by atoms with Gasteiger partial charge < -0.3 is 15.0 Å². The van der Waals surface area contributed by atoms with Gasteiger partial charge in [-0.2, -0.15) is 10.4 Å². The minimum absolute atomic E-state index is 0.291. The van der Waals surface area contributed by atoms with Crippen molar-refractivity contribution >= 4 is 26.2 Å². The molecule has 3 heterocycles. The van der Waals surface area contributed by atoms with Crippen LogP contribution >= 0.6 is 9.24 Å². The first-order valence-corrected chi connectivity index (χ1v) is 12.3. The predicted octanol–water partition coefficient (Wildman–Crippen LogP) is 3.84. The third kappa shape index (κ3) is 4.91. The maximum absolute atomic E-state index is 9.27. The van der Waals surface area contributed by atoms with E-state index in [0.717, 1.165) is 72.3 Å². The van der Waals surface area contributed by atoms with E-state index in [-0.39, 0.29) is 5.41 Å². The van der Waals surface area contributed by atoms with E-state index in [4.69, 9.17) is 9.72 Å². The molecular weight excluding hydrogens is 445 g/mol. The van der Waals surface area contributed by atoms with Gasteiger partial charge in [-0.1, -0.05) is 0 Å². The Labute approximate surface area is 202 Å². The average molecular weight is 476 g/mol. The molecule has 1 saturated carbocycles. The third-order valence-electron chi connectivity index (χ3n) is 6.77. The second-order valence-electron chi connectivity index (χ2n) is 9.53. The molecule has 0 bridgehead atoms. The van der Waals surface area contributed by atoms with Crippen LogP contribution < -0.4 is 15.4 Å². The molecule has 176 valence electrons. The van der Waals surface area contributed by atoms with E-state index in [1.807, 2.05) is 43.7 Å². The van der Waals surface area contributed by atoms with Crippen LogP contribution in [-0.2, 0) is 0 Å². The molecule has 5 rings (SSSR count). The standard InChI is InChI=1S/C25H30N7OP/c1-17-12-27-24(29-19-13-28-32(14-19)20-5-9-31(2)10-6-20)30-23(17)18-3-4-21(22(34)11-18)33-16-25(15-26)7-8-25/h3-4,11-14,20H,5-10,16,34H2,1-2H3,(H,27,29,30). The van der Waals surface area contributed by atoms with E-state index in [9.17, 15) is 5.26 Å². The second-order valence-corrected chi connectivity index (χ2v) is 10.1. The molecular formula is C25H30N7OP. The van der Waals surface area contributed by atoms with Crippen molar-refractivity contribution in [3.8, 4) is 23.1 Å². The molecule has 2 fully saturated rings. The van der Waals surface area contributed by atoms with Gasteiger partial charge in [0.25, 0.3) is 0 Å². The molecule has 34 heavy (non-hydrogen) atoms. The Kier molecular flexibility index (Phi) is 6.24. The summed E-state index contributed by atoms with van der Waals surface area (Å²) < 4.78 is 7.99. The molecule has 1 aromatic carbocycles. The Morgan fingerprint density at radius 2 is 2.06 bits per heavy atom. The van der Waals surface area contributed by atoms with Crippen LogP contribution in [0.4, 0.5) is 11.6 Å². The first kappa shape index (κ1) is 22.8. The van der Waals surface area contributed by atoms with Gasteiger partial charge in [0.1, 0.15) is 12.4 Å². The Bertz CT molecular complexity index is 1220. The number of hydrogen-bond donors (Lipinski definition) is 1. The van der Waals surface area contributed by atoms with E-state index >= 15 is 0 Å². The highest BCUT2D eigenvalue weighted by Crippen LogP contribution is 2.45. The SMILES string of the molecule is Cc1cnc(Nc2cnn(C3CCN(C)CC3)c2)nc1-c1ccc(OCC2(C#N)CC2)c(P)c1. The van der Waals surface area contributed by atoms with Crippen molar-refractivity contribution < 1.29 is 4.74 Å². The number of piperidine rings is 1. The summed E-state index contributed by atoms with van der Waals surface area (Å²) in [6.07, 6.45) is 9.76. The van der Waals surface area contributed by atoms with Gasteiger partial charge in [0.05, 0.1) is 35.1 Å². The fourth-order valence-electron chi connectivity index (χ4n) is 4.27. The summed E-state index contributed by atoms with van der Waals surface area (Å²) in [5.74, 6) is 1.32. The van der Waals surface area contributed by atoms with Crippen molar-refractivity contribution in [3.05, 3.63) is 42.4 Å². The second kappa shape index (κ2) is 9.32. The Morgan fingerprint density at radius 3 is 2.76 bits per heavy atom. The number of hydrogen-bond acceptors (Lipinski definition) is 7. The number of likely N-dealkylation sites (tertiary alicyclic amines) is 1. The van der Waals surface area contributed by atoms with E-state index in [1.165, 1.54) is 0 Å². The van der Waals surface area contributed by atoms with E-state index < -0.39 is 0 Å². The first-order chi connectivity index (χ1) is 16.4. The van der Waals surface area contributed by atoms with Gasteiger partial charge in [-0.3, -0.25) is 4.68 Å². The number of nitrogens with zero attached hydrogens (tertiary/aromatic N) is 6. The van der Waals surface area contributed by atoms with Crippen LogP contribution in [0.25, 0.3) is 11.3 Å². The summed E-state index contributed by atoms with van der Waals surface area (Å²) in [7, 11) is 4.90. The van der Waals surface area contributed by atoms with Crippen LogP contribution in [0.15, 0.2) is 36.8 Å². The number of aryl methyl sites for hydroxylation is 1. The van der Waals surface area contributed by atoms with Crippen molar-refractivity contribution in [2.24, 2.45) is 5.41 Å². The maximum Gasteiger partial charge on any atom is 0.227 e. The van der Waals surface area contributed by atoms with Crippen LogP contribution in [0.2, 0.25) is 0 Å². The maximum atomic E-state index is 9.27. The quantitative estimate of drug-likeness (QED) is 0.519. The number of aromatic nitrogens is 4. The van der Waals surface area contributed by atoms with E-state index in [2.05, 4.69) is 47.3 Å². The Hall–Kier alpha value is -3.01. The van der Waals surface area contributed by atoms with Gasteiger partial charge in [0, 0.05) is 23.3 Å². The summed E-state index contributed by atoms with van der Waals surface area (Å²) in [4.78, 5) is 11.6. The molecule has 9 heteroatoms. The van der Waals surface area contributed by atoms with Gasteiger partial charge in [-0.25, -0.2) is 9.97 Å². The topological polar surface area (TPSA) is 91.9 Å². The first-order valence-electron chi connectivity index (χ1n) is 11.7. The van der Waals surface area contributed by atoms with Gasteiger partial charge in [-0.05, 0) is 76.5 Å². The number of benzene rings is 1. The molecule has 1 unspecified atom stereocenters. The summed E-state index contributed by atoms with van der Waals surface area (Å²) in [6.45, 7) is 4.64. The van der Waals surface area contributed by atoms with Crippen molar-refractivity contribution in [1.82, 2.24) is 24.6 Å². The van der Waals surface area contributed by atoms with Gasteiger partial charge >= 0.3 is 0 Å². The molecule has 1 aliphatic carbocycles. The number of rotatable bonds is 7. The predicted molar refractivity (Wildman–Crippen MR) is 136 cm³/mol. The molecule has 1 aliphatic heterocycles. The van der Waals surface area contributed by atoms with Gasteiger partial charge in [0.2, 0.25) is 5.95 Å². The fraction of sp³-hybridized carbons (Fsp3) is 0.440. The molecule has 2 aromatic heterocycles. The van der Waals surface area contributed by atoms with Gasteiger partial charge in [-0.15, -0.1) is 9.24 Å².